The van der Waals surface area contributed by atoms with Crippen LogP contribution in [0.4, 0.5) is 0 Å². The van der Waals surface area contributed by atoms with E-state index < -0.39 is 0 Å². The van der Waals surface area contributed by atoms with Gasteiger partial charge in [0.05, 0.1) is 13.2 Å². The highest BCUT2D eigenvalue weighted by Gasteiger charge is 2.12. The molecule has 8 heavy (non-hydrogen) atoms. The fraction of sp³-hybridized carbons (Fsp3) is 0.800. The maximum absolute atomic E-state index is 10.6. The maximum atomic E-state index is 10.6. The molecular formula is C5H9NO2. The second-order valence-corrected chi connectivity index (χ2v) is 1.91. The Labute approximate surface area is 48.2 Å². The van der Waals surface area contributed by atoms with Crippen LogP contribution >= 0.6 is 0 Å². The molecule has 0 unspecified atom stereocenters. The topological polar surface area (TPSA) is 29.5 Å². The molecule has 1 rings (SSSR count). The molecule has 0 aromatic carbocycles. The Bertz CT molecular complexity index is 103. The predicted molar refractivity (Wildman–Crippen MR) is 28.2 cm³/mol. The van der Waals surface area contributed by atoms with E-state index in [1.54, 1.807) is 12.1 Å². The van der Waals surface area contributed by atoms with Gasteiger partial charge in [-0.3, -0.25) is 9.63 Å². The Morgan fingerprint density at radius 1 is 1.75 bits per heavy atom. The van der Waals surface area contributed by atoms with E-state index in [1.807, 2.05) is 0 Å². The summed E-state index contributed by atoms with van der Waals surface area (Å²) in [5.74, 6) is 0.263. The van der Waals surface area contributed by atoms with Crippen LogP contribution in [0.3, 0.4) is 0 Å². The molecule has 3 nitrogen and oxygen atoms in total. The zero-order valence-electron chi connectivity index (χ0n) is 4.89. The highest BCUT2D eigenvalue weighted by Crippen LogP contribution is 1.97. The SMILES string of the molecule is CN1CC(=O)CCO1. The van der Waals surface area contributed by atoms with Crippen LogP contribution in [0.25, 0.3) is 0 Å². The maximum Gasteiger partial charge on any atom is 0.151 e. The number of carbonyl (C=O) groups excluding carboxylic acids is 1. The van der Waals surface area contributed by atoms with Crippen molar-refractivity contribution in [2.75, 3.05) is 20.2 Å². The molecule has 3 heteroatoms. The molecule has 46 valence electrons. The minimum atomic E-state index is 0.263. The van der Waals surface area contributed by atoms with Crippen LogP contribution in [0.5, 0.6) is 0 Å². The van der Waals surface area contributed by atoms with Crippen molar-refractivity contribution in [1.82, 2.24) is 5.06 Å². The molecule has 1 saturated heterocycles. The first-order valence-electron chi connectivity index (χ1n) is 2.65. The second kappa shape index (κ2) is 2.24. The van der Waals surface area contributed by atoms with E-state index in [0.29, 0.717) is 19.6 Å². The molecule has 0 spiro atoms. The first kappa shape index (κ1) is 5.72. The number of hydrogen-bond donors (Lipinski definition) is 0. The zero-order valence-corrected chi connectivity index (χ0v) is 4.89. The van der Waals surface area contributed by atoms with Gasteiger partial charge in [-0.25, -0.2) is 0 Å². The van der Waals surface area contributed by atoms with Crippen LogP contribution in [-0.4, -0.2) is 31.0 Å². The molecule has 1 aliphatic heterocycles. The Morgan fingerprint density at radius 2 is 2.50 bits per heavy atom. The standard InChI is InChI=1S/C5H9NO2/c1-6-4-5(7)2-3-8-6/h2-4H2,1H3. The second-order valence-electron chi connectivity index (χ2n) is 1.91. The van der Waals surface area contributed by atoms with Crippen molar-refractivity contribution in [1.29, 1.82) is 0 Å². The van der Waals surface area contributed by atoms with E-state index >= 15 is 0 Å². The summed E-state index contributed by atoms with van der Waals surface area (Å²) in [5, 5.41) is 1.56. The van der Waals surface area contributed by atoms with Gasteiger partial charge in [-0.1, -0.05) is 0 Å². The van der Waals surface area contributed by atoms with Gasteiger partial charge in [0.2, 0.25) is 0 Å². The van der Waals surface area contributed by atoms with Gasteiger partial charge in [0, 0.05) is 13.5 Å². The first-order chi connectivity index (χ1) is 3.79. The molecule has 0 bridgehead atoms. The summed E-state index contributed by atoms with van der Waals surface area (Å²) >= 11 is 0. The van der Waals surface area contributed by atoms with Crippen molar-refractivity contribution >= 4 is 5.78 Å². The summed E-state index contributed by atoms with van der Waals surface area (Å²) in [6.45, 7) is 0.995. The monoisotopic (exact) mass is 115 g/mol. The molecule has 1 heterocycles. The molecule has 0 aromatic rings. The lowest BCUT2D eigenvalue weighted by molar-refractivity contribution is -0.172. The number of Topliss-reactive ketones (excluding diaryl/α,β-unsaturated/α-hetero) is 1. The molecule has 1 fully saturated rings. The number of carbonyl (C=O) groups is 1. The van der Waals surface area contributed by atoms with Gasteiger partial charge in [-0.15, -0.1) is 0 Å². The van der Waals surface area contributed by atoms with E-state index in [1.165, 1.54) is 0 Å². The van der Waals surface area contributed by atoms with Gasteiger partial charge < -0.3 is 0 Å². The molecule has 0 saturated carbocycles. The average molecular weight is 115 g/mol. The largest absolute Gasteiger partial charge is 0.298 e. The van der Waals surface area contributed by atoms with Gasteiger partial charge in [0.1, 0.15) is 0 Å². The van der Waals surface area contributed by atoms with Gasteiger partial charge >= 0.3 is 0 Å². The molecular weight excluding hydrogens is 106 g/mol. The number of likely N-dealkylation sites (N-methyl/N-ethyl adjacent to an activating group) is 1. The smallest absolute Gasteiger partial charge is 0.151 e. The van der Waals surface area contributed by atoms with E-state index in [-0.39, 0.29) is 5.78 Å². The Morgan fingerprint density at radius 3 is 2.88 bits per heavy atom. The van der Waals surface area contributed by atoms with Crippen LogP contribution in [0, 0.1) is 0 Å². The highest BCUT2D eigenvalue weighted by atomic mass is 16.7. The summed E-state index contributed by atoms with van der Waals surface area (Å²) in [5.41, 5.74) is 0. The van der Waals surface area contributed by atoms with Crippen LogP contribution in [0.2, 0.25) is 0 Å². The summed E-state index contributed by atoms with van der Waals surface area (Å²) in [6, 6.07) is 0. The number of hydrogen-bond acceptors (Lipinski definition) is 3. The third-order valence-electron chi connectivity index (χ3n) is 1.09. The molecule has 0 N–H and O–H groups in total. The quantitative estimate of drug-likeness (QED) is 0.438. The van der Waals surface area contributed by atoms with Crippen LogP contribution in [-0.2, 0) is 9.63 Å². The summed E-state index contributed by atoms with van der Waals surface area (Å²) in [4.78, 5) is 15.5. The lowest BCUT2D eigenvalue weighted by Gasteiger charge is -2.19. The minimum absolute atomic E-state index is 0.263. The first-order valence-corrected chi connectivity index (χ1v) is 2.65. The van der Waals surface area contributed by atoms with Crippen molar-refractivity contribution in [2.45, 2.75) is 6.42 Å². The molecule has 0 aliphatic carbocycles. The summed E-state index contributed by atoms with van der Waals surface area (Å²) in [7, 11) is 1.76. The van der Waals surface area contributed by atoms with Crippen molar-refractivity contribution in [3.05, 3.63) is 0 Å². The van der Waals surface area contributed by atoms with E-state index in [2.05, 4.69) is 0 Å². The van der Waals surface area contributed by atoms with E-state index in [0.717, 1.165) is 0 Å². The van der Waals surface area contributed by atoms with Crippen LogP contribution < -0.4 is 0 Å². The fourth-order valence-corrected chi connectivity index (χ4v) is 0.688. The van der Waals surface area contributed by atoms with Crippen LogP contribution in [0.1, 0.15) is 6.42 Å². The lowest BCUT2D eigenvalue weighted by Crippen LogP contribution is -2.32. The van der Waals surface area contributed by atoms with E-state index in [4.69, 9.17) is 4.84 Å². The van der Waals surface area contributed by atoms with E-state index in [9.17, 15) is 4.79 Å². The fourth-order valence-electron chi connectivity index (χ4n) is 0.688. The summed E-state index contributed by atoms with van der Waals surface area (Å²) in [6.07, 6.45) is 0.574. The molecule has 0 atom stereocenters. The number of nitrogens with zero attached hydrogens (tertiary/aromatic N) is 1. The lowest BCUT2D eigenvalue weighted by atomic mass is 10.3. The Kier molecular flexibility index (Phi) is 1.60. The minimum Gasteiger partial charge on any atom is -0.298 e. The normalized spacial score (nSPS) is 23.9. The number of rotatable bonds is 0. The average Bonchev–Trinajstić information content (AvgIpc) is 1.64. The van der Waals surface area contributed by atoms with Gasteiger partial charge in [0.25, 0.3) is 0 Å². The van der Waals surface area contributed by atoms with Gasteiger partial charge in [-0.2, -0.15) is 5.06 Å². The Hall–Kier alpha value is -0.410. The zero-order chi connectivity index (χ0) is 5.98. The highest BCUT2D eigenvalue weighted by molar-refractivity contribution is 5.80. The molecule has 0 amide bonds. The molecule has 1 aliphatic rings. The predicted octanol–water partition coefficient (Wildman–Crippen LogP) is -0.177. The molecule has 0 radical (unpaired) electrons. The number of ketones is 1. The van der Waals surface area contributed by atoms with Crippen molar-refractivity contribution in [2.24, 2.45) is 0 Å². The number of hydroxylamine groups is 2. The van der Waals surface area contributed by atoms with Gasteiger partial charge in [-0.05, 0) is 0 Å². The van der Waals surface area contributed by atoms with Crippen molar-refractivity contribution < 1.29 is 9.63 Å². The van der Waals surface area contributed by atoms with Crippen molar-refractivity contribution in [3.63, 3.8) is 0 Å². The van der Waals surface area contributed by atoms with Crippen LogP contribution in [0.15, 0.2) is 0 Å². The third-order valence-corrected chi connectivity index (χ3v) is 1.09. The van der Waals surface area contributed by atoms with Crippen molar-refractivity contribution in [3.8, 4) is 0 Å². The van der Waals surface area contributed by atoms with Gasteiger partial charge in [0.15, 0.2) is 5.78 Å². The third kappa shape index (κ3) is 1.28. The Balaban J connectivity index is 2.34. The summed E-state index contributed by atoms with van der Waals surface area (Å²) < 4.78 is 0. The molecule has 0 aromatic heterocycles.